The number of nitrogens with one attached hydrogen (secondary N) is 1. The lowest BCUT2D eigenvalue weighted by Gasteiger charge is -2.30. The molecule has 0 bridgehead atoms. The number of carbonyl (C=O) groups excluding carboxylic acids is 1. The van der Waals surface area contributed by atoms with Crippen LogP contribution in [0.1, 0.15) is 13.3 Å². The second-order valence-corrected chi connectivity index (χ2v) is 9.21. The van der Waals surface area contributed by atoms with Gasteiger partial charge < -0.3 is 10.2 Å². The zero-order chi connectivity index (χ0) is 17.7. The van der Waals surface area contributed by atoms with E-state index in [1.165, 1.54) is 6.92 Å². The summed E-state index contributed by atoms with van der Waals surface area (Å²) in [5.41, 5.74) is 0.595. The Labute approximate surface area is 148 Å². The number of carbonyl (C=O) groups is 1. The van der Waals surface area contributed by atoms with E-state index in [-0.39, 0.29) is 16.8 Å². The Morgan fingerprint density at radius 1 is 1.33 bits per heavy atom. The molecule has 6 nitrogen and oxygen atoms in total. The molecule has 1 aromatic carbocycles. The summed E-state index contributed by atoms with van der Waals surface area (Å²) in [4.78, 5) is 13.4. The molecule has 1 heterocycles. The van der Waals surface area contributed by atoms with Crippen LogP contribution in [0.2, 0.25) is 0 Å². The minimum Gasteiger partial charge on any atom is -0.326 e. The number of nitrogens with zero attached hydrogens (tertiary/aromatic N) is 2. The molecule has 1 amide bonds. The van der Waals surface area contributed by atoms with Crippen molar-refractivity contribution in [3.63, 3.8) is 0 Å². The molecule has 0 aliphatic carbocycles. The summed E-state index contributed by atoms with van der Waals surface area (Å²) in [5.74, 6) is 1.61. The molecule has 1 saturated heterocycles. The van der Waals surface area contributed by atoms with Crippen molar-refractivity contribution in [1.29, 1.82) is 0 Å². The number of hydrogen-bond acceptors (Lipinski definition) is 5. The fourth-order valence-corrected chi connectivity index (χ4v) is 5.54. The first-order chi connectivity index (χ1) is 11.3. The predicted molar refractivity (Wildman–Crippen MR) is 98.9 cm³/mol. The average molecular weight is 372 g/mol. The van der Waals surface area contributed by atoms with Crippen LogP contribution >= 0.6 is 11.8 Å². The summed E-state index contributed by atoms with van der Waals surface area (Å²) in [6.45, 7) is 2.67. The lowest BCUT2D eigenvalue weighted by molar-refractivity contribution is -0.114. The molecule has 0 spiro atoms. The second kappa shape index (κ2) is 8.33. The van der Waals surface area contributed by atoms with E-state index in [1.807, 2.05) is 30.8 Å². The molecule has 1 N–H and O–H groups in total. The number of anilines is 1. The fourth-order valence-electron chi connectivity index (χ4n) is 2.74. The van der Waals surface area contributed by atoms with E-state index < -0.39 is 10.0 Å². The van der Waals surface area contributed by atoms with E-state index in [4.69, 9.17) is 0 Å². The van der Waals surface area contributed by atoms with Gasteiger partial charge >= 0.3 is 0 Å². The van der Waals surface area contributed by atoms with E-state index in [2.05, 4.69) is 5.32 Å². The Bertz CT molecular complexity index is 660. The Morgan fingerprint density at radius 2 is 2.00 bits per heavy atom. The zero-order valence-corrected chi connectivity index (χ0v) is 16.0. The van der Waals surface area contributed by atoms with Gasteiger partial charge in [-0.2, -0.15) is 16.1 Å². The van der Waals surface area contributed by atoms with E-state index in [9.17, 15) is 13.2 Å². The predicted octanol–water partition coefficient (Wildman–Crippen LogP) is 1.70. The van der Waals surface area contributed by atoms with Gasteiger partial charge in [0.2, 0.25) is 15.9 Å². The second-order valence-electron chi connectivity index (χ2n) is 6.17. The Hall–Kier alpha value is -1.09. The van der Waals surface area contributed by atoms with E-state index in [0.717, 1.165) is 17.9 Å². The summed E-state index contributed by atoms with van der Waals surface area (Å²) in [5, 5.41) is 2.65. The lowest BCUT2D eigenvalue weighted by atomic mass is 10.3. The summed E-state index contributed by atoms with van der Waals surface area (Å²) in [7, 11) is 0.377. The number of likely N-dealkylation sites (N-methyl/N-ethyl adjacent to an activating group) is 1. The van der Waals surface area contributed by atoms with Crippen LogP contribution in [0.25, 0.3) is 0 Å². The number of benzene rings is 1. The fraction of sp³-hybridized carbons (Fsp3) is 0.562. The van der Waals surface area contributed by atoms with Gasteiger partial charge in [0.1, 0.15) is 0 Å². The van der Waals surface area contributed by atoms with Crippen molar-refractivity contribution < 1.29 is 13.2 Å². The molecular weight excluding hydrogens is 346 g/mol. The van der Waals surface area contributed by atoms with Crippen LogP contribution < -0.4 is 5.32 Å². The van der Waals surface area contributed by atoms with Gasteiger partial charge in [-0.1, -0.05) is 0 Å². The molecule has 1 aliphatic heterocycles. The van der Waals surface area contributed by atoms with Gasteiger partial charge in [-0.25, -0.2) is 8.42 Å². The molecule has 1 atom stereocenters. The van der Waals surface area contributed by atoms with Gasteiger partial charge in [0.15, 0.2) is 0 Å². The first-order valence-corrected chi connectivity index (χ1v) is 10.5. The maximum absolute atomic E-state index is 13.1. The molecule has 8 heteroatoms. The largest absolute Gasteiger partial charge is 0.326 e. The number of sulfonamides is 1. The average Bonchev–Trinajstić information content (AvgIpc) is 2.72. The highest BCUT2D eigenvalue weighted by molar-refractivity contribution is 7.99. The summed E-state index contributed by atoms with van der Waals surface area (Å²) in [6, 6.07) is 6.34. The molecule has 24 heavy (non-hydrogen) atoms. The van der Waals surface area contributed by atoms with Crippen LogP contribution in [-0.2, 0) is 14.8 Å². The van der Waals surface area contributed by atoms with Crippen LogP contribution in [0.4, 0.5) is 5.69 Å². The Kier molecular flexibility index (Phi) is 6.68. The molecule has 1 aliphatic rings. The standard InChI is InChI=1S/C16H25N3O3S2/c1-13(20)17-14-5-7-16(8-6-14)24(21,22)19-9-4-10-23-12-15(19)11-18(2)3/h5-8,15H,4,9-12H2,1-3H3,(H,17,20). The van der Waals surface area contributed by atoms with Crippen molar-refractivity contribution in [2.45, 2.75) is 24.3 Å². The van der Waals surface area contributed by atoms with Gasteiger partial charge in [-0.15, -0.1) is 0 Å². The summed E-state index contributed by atoms with van der Waals surface area (Å²) in [6.07, 6.45) is 0.859. The van der Waals surface area contributed by atoms with Crippen molar-refractivity contribution in [2.24, 2.45) is 0 Å². The topological polar surface area (TPSA) is 69.7 Å². The van der Waals surface area contributed by atoms with E-state index in [0.29, 0.717) is 18.8 Å². The van der Waals surface area contributed by atoms with E-state index in [1.54, 1.807) is 28.6 Å². The third kappa shape index (κ3) is 4.95. The van der Waals surface area contributed by atoms with E-state index >= 15 is 0 Å². The third-order valence-electron chi connectivity index (χ3n) is 3.74. The molecular formula is C16H25N3O3S2. The SMILES string of the molecule is CC(=O)Nc1ccc(S(=O)(=O)N2CCCSCC2CN(C)C)cc1. The van der Waals surface area contributed by atoms with Crippen LogP contribution in [0.3, 0.4) is 0 Å². The summed E-state index contributed by atoms with van der Waals surface area (Å²) >= 11 is 1.81. The number of hydrogen-bond donors (Lipinski definition) is 1. The molecule has 0 aromatic heterocycles. The van der Waals surface area contributed by atoms with Gasteiger partial charge in [0, 0.05) is 37.5 Å². The molecule has 0 radical (unpaired) electrons. The first kappa shape index (κ1) is 19.2. The molecule has 134 valence electrons. The normalized spacial score (nSPS) is 19.9. The molecule has 2 rings (SSSR count). The van der Waals surface area contributed by atoms with Crippen molar-refractivity contribution in [2.75, 3.05) is 44.0 Å². The van der Waals surface area contributed by atoms with Crippen molar-refractivity contribution in [1.82, 2.24) is 9.21 Å². The van der Waals surface area contributed by atoms with Crippen LogP contribution in [0.15, 0.2) is 29.2 Å². The van der Waals surface area contributed by atoms with Crippen LogP contribution in [0.5, 0.6) is 0 Å². The monoisotopic (exact) mass is 371 g/mol. The third-order valence-corrected chi connectivity index (χ3v) is 6.91. The van der Waals surface area contributed by atoms with Crippen molar-refractivity contribution >= 4 is 33.4 Å². The molecule has 1 aromatic rings. The van der Waals surface area contributed by atoms with Crippen LogP contribution in [0, 0.1) is 0 Å². The first-order valence-electron chi connectivity index (χ1n) is 7.92. The highest BCUT2D eigenvalue weighted by Crippen LogP contribution is 2.25. The minimum absolute atomic E-state index is 0.0347. The Balaban J connectivity index is 2.26. The number of rotatable bonds is 5. The van der Waals surface area contributed by atoms with Crippen molar-refractivity contribution in [3.05, 3.63) is 24.3 Å². The maximum Gasteiger partial charge on any atom is 0.243 e. The zero-order valence-electron chi connectivity index (χ0n) is 14.4. The highest BCUT2D eigenvalue weighted by atomic mass is 32.2. The number of thioether (sulfide) groups is 1. The summed E-state index contributed by atoms with van der Waals surface area (Å²) < 4.78 is 27.8. The van der Waals surface area contributed by atoms with Crippen LogP contribution in [-0.4, -0.2) is 68.3 Å². The van der Waals surface area contributed by atoms with Gasteiger partial charge in [0.05, 0.1) is 4.90 Å². The van der Waals surface area contributed by atoms with Gasteiger partial charge in [-0.3, -0.25) is 4.79 Å². The minimum atomic E-state index is -3.54. The number of amides is 1. The molecule has 1 unspecified atom stereocenters. The Morgan fingerprint density at radius 3 is 2.58 bits per heavy atom. The van der Waals surface area contributed by atoms with Gasteiger partial charge in [0.25, 0.3) is 0 Å². The lowest BCUT2D eigenvalue weighted by Crippen LogP contribution is -2.46. The smallest absolute Gasteiger partial charge is 0.243 e. The maximum atomic E-state index is 13.1. The molecule has 1 fully saturated rings. The molecule has 0 saturated carbocycles. The van der Waals surface area contributed by atoms with Crippen molar-refractivity contribution in [3.8, 4) is 0 Å². The highest BCUT2D eigenvalue weighted by Gasteiger charge is 2.32. The van der Waals surface area contributed by atoms with Gasteiger partial charge in [-0.05, 0) is 50.5 Å². The quantitative estimate of drug-likeness (QED) is 0.853.